The highest BCUT2D eigenvalue weighted by Gasteiger charge is 2.44. The molecule has 0 spiro atoms. The van der Waals surface area contributed by atoms with Crippen LogP contribution in [0, 0.1) is 17.3 Å². The van der Waals surface area contributed by atoms with Gasteiger partial charge in [-0.15, -0.1) is 0 Å². The summed E-state index contributed by atoms with van der Waals surface area (Å²) in [7, 11) is 0. The maximum absolute atomic E-state index is 2.72. The van der Waals surface area contributed by atoms with Crippen LogP contribution in [-0.4, -0.2) is 0 Å². The number of rotatable bonds is 4. The van der Waals surface area contributed by atoms with Gasteiger partial charge in [-0.05, 0) is 76.3 Å². The minimum absolute atomic E-state index is 0.152. The molecule has 0 aliphatic heterocycles. The molecule has 2 aromatic carbocycles. The average molecular weight is 437 g/mol. The van der Waals surface area contributed by atoms with Crippen molar-refractivity contribution >= 4 is 11.1 Å². The fraction of sp³-hybridized carbons (Fsp3) is 0.515. The van der Waals surface area contributed by atoms with E-state index in [4.69, 9.17) is 0 Å². The minimum atomic E-state index is 0.152. The van der Waals surface area contributed by atoms with E-state index in [9.17, 15) is 0 Å². The van der Waals surface area contributed by atoms with Crippen molar-refractivity contribution in [1.82, 2.24) is 0 Å². The molecule has 172 valence electrons. The van der Waals surface area contributed by atoms with Crippen LogP contribution in [0.5, 0.6) is 0 Å². The minimum Gasteiger partial charge on any atom is -0.0723 e. The molecule has 4 aliphatic rings. The molecule has 0 heterocycles. The van der Waals surface area contributed by atoms with Crippen molar-refractivity contribution in [2.45, 2.75) is 89.9 Å². The summed E-state index contributed by atoms with van der Waals surface area (Å²) in [6.45, 7) is 5.10. The van der Waals surface area contributed by atoms with E-state index in [-0.39, 0.29) is 5.41 Å². The molecule has 2 saturated carbocycles. The average Bonchev–Trinajstić information content (AvgIpc) is 3.46. The molecule has 0 nitrogen and oxygen atoms in total. The maximum Gasteiger partial charge on any atom is 0.00902 e. The highest BCUT2D eigenvalue weighted by Crippen LogP contribution is 2.58. The second-order valence-corrected chi connectivity index (χ2v) is 11.9. The maximum atomic E-state index is 2.72. The molecule has 2 unspecified atom stereocenters. The summed E-state index contributed by atoms with van der Waals surface area (Å²) < 4.78 is 0. The number of fused-ring (bicyclic) bond motifs is 2. The lowest BCUT2D eigenvalue weighted by molar-refractivity contribution is 0.291. The van der Waals surface area contributed by atoms with E-state index in [1.165, 1.54) is 64.2 Å². The monoisotopic (exact) mass is 436 g/mol. The summed E-state index contributed by atoms with van der Waals surface area (Å²) in [5.74, 6) is 2.52. The normalized spacial score (nSPS) is 26.0. The summed E-state index contributed by atoms with van der Waals surface area (Å²) >= 11 is 0. The molecule has 0 radical (unpaired) electrons. The fourth-order valence-electron chi connectivity index (χ4n) is 7.74. The quantitative estimate of drug-likeness (QED) is 0.447. The molecule has 6 rings (SSSR count). The lowest BCUT2D eigenvalue weighted by atomic mass is 9.66. The van der Waals surface area contributed by atoms with Crippen molar-refractivity contribution in [2.24, 2.45) is 17.3 Å². The Balaban J connectivity index is 1.40. The zero-order valence-electron chi connectivity index (χ0n) is 20.7. The van der Waals surface area contributed by atoms with Gasteiger partial charge in [-0.1, -0.05) is 113 Å². The molecule has 2 atom stereocenters. The number of hydrogen-bond acceptors (Lipinski definition) is 0. The third-order valence-corrected chi connectivity index (χ3v) is 9.60. The summed E-state index contributed by atoms with van der Waals surface area (Å²) in [6.07, 6.45) is 19.4. The van der Waals surface area contributed by atoms with Gasteiger partial charge < -0.3 is 0 Å². The standard InChI is InChI=1S/C33H40/c1-33(2,31-21-29(23-13-5-3-6-14-23)25-17-9-11-19-27(25)31)32-22-30(24-15-7-4-8-16-24)26-18-10-12-20-28(26)32/h9-12,17-24,31-32H,3-8,13-16H2,1-2H3. The zero-order valence-corrected chi connectivity index (χ0v) is 20.7. The van der Waals surface area contributed by atoms with Crippen molar-refractivity contribution in [2.75, 3.05) is 0 Å². The molecule has 2 fully saturated rings. The molecule has 0 heteroatoms. The molecule has 0 aromatic heterocycles. The van der Waals surface area contributed by atoms with Crippen LogP contribution in [0.25, 0.3) is 11.1 Å². The Morgan fingerprint density at radius 3 is 1.36 bits per heavy atom. The lowest BCUT2D eigenvalue weighted by Gasteiger charge is -2.37. The zero-order chi connectivity index (χ0) is 22.4. The second kappa shape index (κ2) is 8.61. The van der Waals surface area contributed by atoms with Gasteiger partial charge in [-0.3, -0.25) is 0 Å². The first kappa shape index (κ1) is 21.5. The van der Waals surface area contributed by atoms with Gasteiger partial charge in [0.1, 0.15) is 0 Å². The molecule has 2 aromatic rings. The van der Waals surface area contributed by atoms with Crippen LogP contribution in [-0.2, 0) is 0 Å². The van der Waals surface area contributed by atoms with E-state index >= 15 is 0 Å². The van der Waals surface area contributed by atoms with E-state index < -0.39 is 0 Å². The van der Waals surface area contributed by atoms with Gasteiger partial charge in [-0.2, -0.15) is 0 Å². The van der Waals surface area contributed by atoms with Crippen molar-refractivity contribution in [3.63, 3.8) is 0 Å². The summed E-state index contributed by atoms with van der Waals surface area (Å²) in [6, 6.07) is 18.8. The number of hydrogen-bond donors (Lipinski definition) is 0. The molecule has 0 bridgehead atoms. The van der Waals surface area contributed by atoms with Crippen LogP contribution in [0.4, 0.5) is 0 Å². The topological polar surface area (TPSA) is 0 Å². The Hall–Kier alpha value is -2.08. The number of benzene rings is 2. The van der Waals surface area contributed by atoms with Gasteiger partial charge in [0.2, 0.25) is 0 Å². The summed E-state index contributed by atoms with van der Waals surface area (Å²) in [5.41, 5.74) is 9.78. The van der Waals surface area contributed by atoms with Crippen LogP contribution in [0.15, 0.2) is 60.7 Å². The van der Waals surface area contributed by atoms with Crippen LogP contribution >= 0.6 is 0 Å². The van der Waals surface area contributed by atoms with Gasteiger partial charge in [0.25, 0.3) is 0 Å². The Morgan fingerprint density at radius 2 is 0.939 bits per heavy atom. The molecular weight excluding hydrogens is 396 g/mol. The second-order valence-electron chi connectivity index (χ2n) is 11.9. The van der Waals surface area contributed by atoms with Gasteiger partial charge in [0.15, 0.2) is 0 Å². The van der Waals surface area contributed by atoms with E-state index in [2.05, 4.69) is 74.5 Å². The van der Waals surface area contributed by atoms with Crippen LogP contribution in [0.1, 0.15) is 112 Å². The Bertz CT molecular complexity index is 983. The predicted molar refractivity (Wildman–Crippen MR) is 141 cm³/mol. The van der Waals surface area contributed by atoms with Crippen molar-refractivity contribution in [1.29, 1.82) is 0 Å². The SMILES string of the molecule is CC(C)(C1C=C(C2CCCCC2)c2ccccc21)C1C=C(C2CCCCC2)c2ccccc21. The lowest BCUT2D eigenvalue weighted by Crippen LogP contribution is -2.26. The van der Waals surface area contributed by atoms with Crippen LogP contribution < -0.4 is 0 Å². The largest absolute Gasteiger partial charge is 0.0723 e. The van der Waals surface area contributed by atoms with Gasteiger partial charge in [-0.25, -0.2) is 0 Å². The molecular formula is C33H40. The molecule has 0 N–H and O–H groups in total. The van der Waals surface area contributed by atoms with Gasteiger partial charge in [0.05, 0.1) is 0 Å². The van der Waals surface area contributed by atoms with E-state index in [0.29, 0.717) is 11.8 Å². The van der Waals surface area contributed by atoms with Crippen molar-refractivity contribution in [3.8, 4) is 0 Å². The predicted octanol–water partition coefficient (Wildman–Crippen LogP) is 9.53. The van der Waals surface area contributed by atoms with Crippen molar-refractivity contribution < 1.29 is 0 Å². The highest BCUT2D eigenvalue weighted by molar-refractivity contribution is 5.79. The smallest absolute Gasteiger partial charge is 0.00902 e. The van der Waals surface area contributed by atoms with Crippen LogP contribution in [0.2, 0.25) is 0 Å². The van der Waals surface area contributed by atoms with Gasteiger partial charge >= 0.3 is 0 Å². The van der Waals surface area contributed by atoms with Crippen molar-refractivity contribution in [3.05, 3.63) is 82.9 Å². The summed E-state index contributed by atoms with van der Waals surface area (Å²) in [5, 5.41) is 0. The Morgan fingerprint density at radius 1 is 0.545 bits per heavy atom. The highest BCUT2D eigenvalue weighted by atomic mass is 14.5. The van der Waals surface area contributed by atoms with E-state index in [0.717, 1.165) is 11.8 Å². The van der Waals surface area contributed by atoms with Crippen LogP contribution in [0.3, 0.4) is 0 Å². The first-order valence-corrected chi connectivity index (χ1v) is 13.8. The third-order valence-electron chi connectivity index (χ3n) is 9.60. The Labute approximate surface area is 201 Å². The fourth-order valence-corrected chi connectivity index (χ4v) is 7.74. The molecule has 0 amide bonds. The van der Waals surface area contributed by atoms with E-state index in [1.807, 2.05) is 0 Å². The molecule has 0 saturated heterocycles. The molecule has 4 aliphatic carbocycles. The summed E-state index contributed by atoms with van der Waals surface area (Å²) in [4.78, 5) is 0. The van der Waals surface area contributed by atoms with Gasteiger partial charge in [0, 0.05) is 11.8 Å². The first-order chi connectivity index (χ1) is 16.1. The number of allylic oxidation sites excluding steroid dienone is 4. The third kappa shape index (κ3) is 3.65. The van der Waals surface area contributed by atoms with E-state index in [1.54, 1.807) is 33.4 Å². The molecule has 33 heavy (non-hydrogen) atoms. The Kier molecular flexibility index (Phi) is 5.60. The first-order valence-electron chi connectivity index (χ1n) is 13.8.